The summed E-state index contributed by atoms with van der Waals surface area (Å²) in [4.78, 5) is 2.47. The molecule has 0 radical (unpaired) electrons. The van der Waals surface area contributed by atoms with Crippen LogP contribution < -0.4 is 4.90 Å². The van der Waals surface area contributed by atoms with E-state index in [2.05, 4.69) is 131 Å². The molecule has 9 rings (SSSR count). The predicted octanol–water partition coefficient (Wildman–Crippen LogP) is 10.3. The molecule has 0 amide bonds. The summed E-state index contributed by atoms with van der Waals surface area (Å²) in [6.45, 7) is 0. The Labute approximate surface area is 290 Å². The van der Waals surface area contributed by atoms with Crippen LogP contribution in [0.4, 0.5) is 11.4 Å². The first-order chi connectivity index (χ1) is 24.7. The highest BCUT2D eigenvalue weighted by Crippen LogP contribution is 2.51. The Kier molecular flexibility index (Phi) is 6.84. The van der Waals surface area contributed by atoms with Crippen molar-refractivity contribution in [2.24, 2.45) is 5.92 Å². The maximum absolute atomic E-state index is 11.0. The number of anilines is 2. The number of para-hydroxylation sites is 2. The molecule has 2 heterocycles. The molecule has 50 heavy (non-hydrogen) atoms. The van der Waals surface area contributed by atoms with Crippen LogP contribution in [-0.4, -0.2) is 10.6 Å². The van der Waals surface area contributed by atoms with Crippen LogP contribution in [0.1, 0.15) is 34.1 Å². The molecule has 0 bridgehead atoms. The van der Waals surface area contributed by atoms with Gasteiger partial charge in [0.2, 0.25) is 0 Å². The lowest BCUT2D eigenvalue weighted by molar-refractivity contribution is 0.705. The molecule has 2 aliphatic carbocycles. The summed E-state index contributed by atoms with van der Waals surface area (Å²) >= 11 is 0. The highest BCUT2D eigenvalue weighted by atomic mass is 15.2. The van der Waals surface area contributed by atoms with Crippen molar-refractivity contribution >= 4 is 38.9 Å². The third kappa shape index (κ3) is 4.30. The number of benzene rings is 5. The molecule has 0 saturated carbocycles. The fourth-order valence-corrected chi connectivity index (χ4v) is 8.34. The average Bonchev–Trinajstić information content (AvgIpc) is 3.70. The maximum atomic E-state index is 11.0. The first kappa shape index (κ1) is 29.3. The van der Waals surface area contributed by atoms with Gasteiger partial charge in [0.05, 0.1) is 52.3 Å². The van der Waals surface area contributed by atoms with Crippen LogP contribution in [0.5, 0.6) is 0 Å². The largest absolute Gasteiger partial charge is 0.333 e. The summed E-state index contributed by atoms with van der Waals surface area (Å²) in [5.74, 6) is -0.504. The third-order valence-corrected chi connectivity index (χ3v) is 10.4. The van der Waals surface area contributed by atoms with Gasteiger partial charge in [-0.15, -0.1) is 0 Å². The standard InChI is InChI=1S/C45H29N5/c46-26-29-23-24-43-37(25-29)45-30(27-47)11-9-22-44(45)50(43)42-21-10-17-33(38(42)28-48)31-12-1-2-13-32(31)34-14-3-6-18-39(34)49-40-19-7-4-15-35(40)36-16-5-8-20-41(36)49/h1-25,33,35,38,40H. The lowest BCUT2D eigenvalue weighted by Crippen LogP contribution is -2.29. The average molecular weight is 640 g/mol. The summed E-state index contributed by atoms with van der Waals surface area (Å²) < 4.78 is 2.11. The number of fused-ring (bicyclic) bond motifs is 6. The molecule has 0 N–H and O–H groups in total. The Bertz CT molecular complexity index is 2630. The van der Waals surface area contributed by atoms with E-state index >= 15 is 0 Å². The lowest BCUT2D eigenvalue weighted by atomic mass is 9.78. The van der Waals surface area contributed by atoms with E-state index in [0.717, 1.165) is 49.9 Å². The number of allylic oxidation sites excluding steroid dienone is 6. The van der Waals surface area contributed by atoms with E-state index in [-0.39, 0.29) is 17.9 Å². The van der Waals surface area contributed by atoms with Crippen molar-refractivity contribution in [1.82, 2.24) is 4.57 Å². The third-order valence-electron chi connectivity index (χ3n) is 10.4. The van der Waals surface area contributed by atoms with Crippen molar-refractivity contribution in [3.63, 3.8) is 0 Å². The number of nitriles is 3. The number of hydrogen-bond donors (Lipinski definition) is 0. The minimum atomic E-state index is -0.531. The molecular weight excluding hydrogens is 611 g/mol. The van der Waals surface area contributed by atoms with E-state index in [4.69, 9.17) is 0 Å². The molecule has 0 spiro atoms. The molecule has 234 valence electrons. The summed E-state index contributed by atoms with van der Waals surface area (Å²) in [7, 11) is 0. The van der Waals surface area contributed by atoms with Crippen LogP contribution >= 0.6 is 0 Å². The van der Waals surface area contributed by atoms with Gasteiger partial charge >= 0.3 is 0 Å². The van der Waals surface area contributed by atoms with Crippen molar-refractivity contribution < 1.29 is 0 Å². The first-order valence-electron chi connectivity index (χ1n) is 16.8. The van der Waals surface area contributed by atoms with Crippen LogP contribution in [0.2, 0.25) is 0 Å². The Morgan fingerprint density at radius 2 is 1.32 bits per heavy atom. The zero-order valence-corrected chi connectivity index (χ0v) is 27.0. The fraction of sp³-hybridized carbons (Fsp3) is 0.0889. The Hall–Kier alpha value is -6.87. The van der Waals surface area contributed by atoms with Gasteiger partial charge in [0, 0.05) is 45.2 Å². The minimum Gasteiger partial charge on any atom is -0.333 e. The van der Waals surface area contributed by atoms with Crippen molar-refractivity contribution in [1.29, 1.82) is 15.8 Å². The van der Waals surface area contributed by atoms with Gasteiger partial charge in [0.1, 0.15) is 0 Å². The summed E-state index contributed by atoms with van der Waals surface area (Å²) in [5.41, 5.74) is 10.5. The van der Waals surface area contributed by atoms with Crippen LogP contribution in [0.15, 0.2) is 152 Å². The predicted molar refractivity (Wildman–Crippen MR) is 199 cm³/mol. The molecule has 0 saturated heterocycles. The van der Waals surface area contributed by atoms with E-state index < -0.39 is 5.92 Å². The highest BCUT2D eigenvalue weighted by molar-refractivity contribution is 6.13. The number of nitrogens with zero attached hydrogens (tertiary/aromatic N) is 5. The van der Waals surface area contributed by atoms with Gasteiger partial charge < -0.3 is 9.47 Å². The molecule has 5 heteroatoms. The molecule has 3 aliphatic rings. The molecular formula is C45H29N5. The summed E-state index contributed by atoms with van der Waals surface area (Å²) in [5, 5.41) is 32.4. The van der Waals surface area contributed by atoms with Gasteiger partial charge in [-0.1, -0.05) is 103 Å². The fourth-order valence-electron chi connectivity index (χ4n) is 8.34. The zero-order valence-electron chi connectivity index (χ0n) is 27.0. The minimum absolute atomic E-state index is 0.164. The van der Waals surface area contributed by atoms with Gasteiger partial charge in [-0.25, -0.2) is 0 Å². The molecule has 5 nitrogen and oxygen atoms in total. The number of rotatable bonds is 4. The molecule has 4 atom stereocenters. The molecule has 6 aromatic rings. The van der Waals surface area contributed by atoms with Crippen molar-refractivity contribution in [2.45, 2.75) is 17.9 Å². The summed E-state index contributed by atoms with van der Waals surface area (Å²) in [6.07, 6.45) is 15.1. The highest BCUT2D eigenvalue weighted by Gasteiger charge is 2.38. The van der Waals surface area contributed by atoms with Gasteiger partial charge in [-0.2, -0.15) is 15.8 Å². The van der Waals surface area contributed by atoms with Crippen molar-refractivity contribution in [3.8, 4) is 29.3 Å². The second-order valence-electron chi connectivity index (χ2n) is 12.9. The van der Waals surface area contributed by atoms with E-state index in [1.807, 2.05) is 36.4 Å². The van der Waals surface area contributed by atoms with Crippen LogP contribution in [0.3, 0.4) is 0 Å². The van der Waals surface area contributed by atoms with E-state index in [0.29, 0.717) is 11.1 Å². The van der Waals surface area contributed by atoms with E-state index in [9.17, 15) is 15.8 Å². The van der Waals surface area contributed by atoms with Crippen LogP contribution in [0.25, 0.3) is 38.6 Å². The second-order valence-corrected chi connectivity index (χ2v) is 12.9. The molecule has 4 unspecified atom stereocenters. The van der Waals surface area contributed by atoms with Crippen LogP contribution in [-0.2, 0) is 0 Å². The quantitative estimate of drug-likeness (QED) is 0.192. The Morgan fingerprint density at radius 3 is 2.14 bits per heavy atom. The molecule has 5 aromatic carbocycles. The van der Waals surface area contributed by atoms with Crippen molar-refractivity contribution in [2.75, 3.05) is 4.90 Å². The molecule has 0 fully saturated rings. The van der Waals surface area contributed by atoms with Gasteiger partial charge in [-0.05, 0) is 65.2 Å². The van der Waals surface area contributed by atoms with Gasteiger partial charge in [0.25, 0.3) is 0 Å². The van der Waals surface area contributed by atoms with Crippen LogP contribution in [0, 0.1) is 39.9 Å². The number of aromatic nitrogens is 1. The topological polar surface area (TPSA) is 79.5 Å². The van der Waals surface area contributed by atoms with E-state index in [1.165, 1.54) is 11.3 Å². The number of hydrogen-bond acceptors (Lipinski definition) is 4. The monoisotopic (exact) mass is 639 g/mol. The van der Waals surface area contributed by atoms with Gasteiger partial charge in [-0.3, -0.25) is 0 Å². The smallest absolute Gasteiger partial charge is 0.0998 e. The second kappa shape index (κ2) is 11.7. The normalized spacial score (nSPS) is 20.2. The SMILES string of the molecule is N#Cc1ccc2c(c1)c1c(C#N)cccc1n2C1=CC=CC(c2ccccc2-c2ccccc2N2c3ccccc3C3C=CC=CC32)C1C#N. The zero-order chi connectivity index (χ0) is 33.8. The summed E-state index contributed by atoms with van der Waals surface area (Å²) in [6, 6.07) is 44.4. The lowest BCUT2D eigenvalue weighted by Gasteiger charge is -2.32. The van der Waals surface area contributed by atoms with Gasteiger partial charge in [0.15, 0.2) is 0 Å². The molecule has 1 aromatic heterocycles. The van der Waals surface area contributed by atoms with E-state index in [1.54, 1.807) is 12.1 Å². The van der Waals surface area contributed by atoms with Crippen molar-refractivity contribution in [3.05, 3.63) is 174 Å². The Morgan fingerprint density at radius 1 is 0.580 bits per heavy atom. The molecule has 1 aliphatic heterocycles. The maximum Gasteiger partial charge on any atom is 0.0998 e. The Balaban J connectivity index is 1.20. The first-order valence-corrected chi connectivity index (χ1v) is 16.8.